The third-order valence-electron chi connectivity index (χ3n) is 27.8. The van der Waals surface area contributed by atoms with E-state index in [1.807, 2.05) is 0 Å². The van der Waals surface area contributed by atoms with Gasteiger partial charge in [-0.05, 0) is 211 Å². The molecule has 28 rings (SSSR count). The number of para-hydroxylation sites is 3. The van der Waals surface area contributed by atoms with Gasteiger partial charge in [0.25, 0.3) is 0 Å². The van der Waals surface area contributed by atoms with E-state index in [0.29, 0.717) is 0 Å². The van der Waals surface area contributed by atoms with Gasteiger partial charge in [0.05, 0.1) is 0 Å². The SMILES string of the molecule is [2H]C.[2H][2H].[2H][2H].c1ccc(-c2c3ccccc3c(-c3cccc4c3oc3cc(-c5ccc6ccc7ccccc7c6c5)ccc34)c3ccccc23)cc1.c1ccc(-c2c3ccccc3c(-c3cccc4c3oc3ccc(-c5cccc6ccccc56)cc34)c3ccccc23)cc1.c1ccc(-c2ccc(-c3cccc4oc5c(-c6c7ccccc7c(-c7ccccc7)c7ccccc67)cccc5c34)cc2)cc1. The van der Waals surface area contributed by atoms with Crippen LogP contribution in [-0.2, 0) is 0 Å². The van der Waals surface area contributed by atoms with E-state index in [-0.39, 0.29) is 0 Å². The highest BCUT2D eigenvalue weighted by atomic mass is 16.3. The van der Waals surface area contributed by atoms with E-state index in [9.17, 15) is 0 Å². The van der Waals surface area contributed by atoms with Crippen LogP contribution in [0.15, 0.2) is 511 Å². The monoisotopic (exact) mass is 1740 g/mol. The first-order chi connectivity index (χ1) is 70.0. The molecular formula is C133H90O3. The van der Waals surface area contributed by atoms with Crippen molar-refractivity contribution in [2.45, 2.75) is 7.40 Å². The molecule has 0 unspecified atom stereocenters. The van der Waals surface area contributed by atoms with E-state index in [4.69, 9.17) is 20.6 Å². The Morgan fingerprint density at radius 3 is 0.919 bits per heavy atom. The average molecular weight is 1740 g/mol. The maximum absolute atomic E-state index is 6.87. The molecule has 0 saturated carbocycles. The molecule has 0 atom stereocenters. The van der Waals surface area contributed by atoms with Gasteiger partial charge in [-0.2, -0.15) is 0 Å². The zero-order valence-electron chi connectivity index (χ0n) is 79.6. The minimum absolute atomic E-state index is 0.900. The standard InChI is InChI=1S/C46H28O.C44H28O.C42H26O.CH4.2H2/c1-2-12-31(13-3-1)44-36-15-6-8-17-38(36)45(39-18-9-7-16-37(39)44)41-20-10-19-40-35-26-25-33(28-43(35)47-46(40)41)32-24-23-30-22-21-29-11-4-5-14-34(29)42(30)27-32;1-3-13-29(14-4-1)30-25-27-31(28-26-30)33-21-12-24-40-43(33)39-23-11-22-38(44(39)45-40)42-36-19-9-7-17-34(36)41(32-15-5-2-6-16-32)35-18-8-10-20-37(35)42;1-2-13-28(14-3-1)40-32-17-6-8-19-34(32)41(35-20-9-7-18-33(35)40)37-23-11-22-36-38-26-29(24-25-39(38)43-42(36)37)31-21-10-15-27-12-4-5-16-30(27)31;;;/h1-28H;1-28H;1-26H;1H4;2*1H/i;;;1D;2*1+1D. The van der Waals surface area contributed by atoms with Gasteiger partial charge in [0, 0.05) is 73.0 Å². The Balaban J connectivity index is 0.000000115. The van der Waals surface area contributed by atoms with Gasteiger partial charge >= 0.3 is 0 Å². The van der Waals surface area contributed by atoms with Crippen LogP contribution in [0.1, 0.15) is 14.7 Å². The summed E-state index contributed by atoms with van der Waals surface area (Å²) < 4.78 is 46.2. The predicted octanol–water partition coefficient (Wildman–Crippen LogP) is 38.9. The molecule has 136 heavy (non-hydrogen) atoms. The first-order valence-electron chi connectivity index (χ1n) is 49.4. The van der Waals surface area contributed by atoms with E-state index >= 15 is 0 Å². The second-order valence-corrected chi connectivity index (χ2v) is 35.3. The zero-order chi connectivity index (χ0) is 95.0. The van der Waals surface area contributed by atoms with Crippen molar-refractivity contribution >= 4 is 163 Å². The van der Waals surface area contributed by atoms with E-state index in [1.165, 1.54) is 193 Å². The molecule has 3 aromatic heterocycles. The Kier molecular flexibility index (Phi) is 19.0. The van der Waals surface area contributed by atoms with Crippen LogP contribution in [0, 0.1) is 0 Å². The van der Waals surface area contributed by atoms with E-state index in [1.54, 1.807) is 0 Å². The smallest absolute Gasteiger partial charge is 0.143 e. The molecule has 0 aliphatic heterocycles. The van der Waals surface area contributed by atoms with Crippen LogP contribution in [-0.4, -0.2) is 0 Å². The van der Waals surface area contributed by atoms with Crippen molar-refractivity contribution in [1.29, 1.82) is 0 Å². The predicted molar refractivity (Wildman–Crippen MR) is 584 cm³/mol. The minimum Gasteiger partial charge on any atom is -0.455 e. The maximum atomic E-state index is 6.87. The van der Waals surface area contributed by atoms with Gasteiger partial charge < -0.3 is 13.3 Å². The molecule has 0 aliphatic carbocycles. The summed E-state index contributed by atoms with van der Waals surface area (Å²) in [6.07, 6.45) is 0. The molecule has 25 aromatic carbocycles. The molecule has 0 fully saturated rings. The van der Waals surface area contributed by atoms with Crippen LogP contribution >= 0.6 is 0 Å². The maximum Gasteiger partial charge on any atom is 0.143 e. The fourth-order valence-electron chi connectivity index (χ4n) is 21.8. The number of fused-ring (bicyclic) bond motifs is 19. The summed E-state index contributed by atoms with van der Waals surface area (Å²) in [5.41, 5.74) is 29.5. The number of hydrogen-bond donors (Lipinski definition) is 0. The van der Waals surface area contributed by atoms with Gasteiger partial charge in [-0.1, -0.05) is 468 Å². The first-order valence-corrected chi connectivity index (χ1v) is 46.4. The topological polar surface area (TPSA) is 39.4 Å². The number of rotatable bonds is 10. The van der Waals surface area contributed by atoms with Crippen LogP contribution in [0.5, 0.6) is 0 Å². The molecule has 0 bridgehead atoms. The Bertz CT molecular complexity index is 9450. The lowest BCUT2D eigenvalue weighted by atomic mass is 9.85. The van der Waals surface area contributed by atoms with Gasteiger partial charge in [0.2, 0.25) is 0 Å². The Morgan fingerprint density at radius 1 is 0.147 bits per heavy atom. The third-order valence-corrected chi connectivity index (χ3v) is 27.8. The molecule has 0 amide bonds. The fraction of sp³-hybridized carbons (Fsp3) is 0.00752. The highest BCUT2D eigenvalue weighted by molar-refractivity contribution is 6.29. The summed E-state index contributed by atoms with van der Waals surface area (Å²) in [5.74, 6) is 0. The number of furan rings is 3. The van der Waals surface area contributed by atoms with Crippen molar-refractivity contribution in [3.63, 3.8) is 0 Å². The molecule has 640 valence electrons. The lowest BCUT2D eigenvalue weighted by molar-refractivity contribution is 0.670. The summed E-state index contributed by atoms with van der Waals surface area (Å²) in [6.45, 7) is 0. The number of hydrogen-bond acceptors (Lipinski definition) is 3. The second kappa shape index (κ2) is 33.6. The second-order valence-electron chi connectivity index (χ2n) is 35.3. The lowest BCUT2D eigenvalue weighted by Crippen LogP contribution is -1.91. The summed E-state index contributed by atoms with van der Waals surface area (Å²) >= 11 is 0. The number of benzene rings is 25. The molecule has 0 N–H and O–H groups in total. The van der Waals surface area contributed by atoms with Crippen LogP contribution in [0.4, 0.5) is 0 Å². The normalized spacial score (nSPS) is 11.8. The molecule has 0 saturated heterocycles. The molecule has 3 heteroatoms. The van der Waals surface area contributed by atoms with E-state index in [0.717, 1.165) is 88.1 Å². The van der Waals surface area contributed by atoms with Crippen LogP contribution in [0.2, 0.25) is 0 Å². The zero-order valence-corrected chi connectivity index (χ0v) is 74.6. The lowest BCUT2D eigenvalue weighted by Gasteiger charge is -2.17. The highest BCUT2D eigenvalue weighted by Crippen LogP contribution is 2.53. The molecule has 0 spiro atoms. The third kappa shape index (κ3) is 13.5. The van der Waals surface area contributed by atoms with Crippen LogP contribution in [0.3, 0.4) is 0 Å². The molecular weight excluding hydrogens is 1650 g/mol. The summed E-state index contributed by atoms with van der Waals surface area (Å²) in [4.78, 5) is 0. The van der Waals surface area contributed by atoms with Crippen molar-refractivity contribution in [3.05, 3.63) is 497 Å². The van der Waals surface area contributed by atoms with Crippen LogP contribution < -0.4 is 0 Å². The molecule has 3 heterocycles. The quantitative estimate of drug-likeness (QED) is 0.101. The van der Waals surface area contributed by atoms with Gasteiger partial charge in [-0.3, -0.25) is 0 Å². The van der Waals surface area contributed by atoms with Gasteiger partial charge in [-0.25, -0.2) is 0 Å². The minimum atomic E-state index is 0.900. The van der Waals surface area contributed by atoms with Gasteiger partial charge in [-0.15, -0.1) is 0 Å². The largest absolute Gasteiger partial charge is 0.455 e. The van der Waals surface area contributed by atoms with Crippen molar-refractivity contribution in [2.75, 3.05) is 0 Å². The van der Waals surface area contributed by atoms with E-state index in [2.05, 4.69) is 497 Å². The van der Waals surface area contributed by atoms with E-state index < -0.39 is 0 Å². The van der Waals surface area contributed by atoms with Crippen molar-refractivity contribution < 1.29 is 20.6 Å². The molecule has 3 nitrogen and oxygen atoms in total. The first kappa shape index (κ1) is 77.0. The summed E-state index contributed by atoms with van der Waals surface area (Å²) in [7, 11) is 1.25. The Morgan fingerprint density at radius 2 is 0.434 bits per heavy atom. The van der Waals surface area contributed by atoms with Crippen molar-refractivity contribution in [3.8, 4) is 111 Å². The molecule has 28 aromatic rings. The van der Waals surface area contributed by atoms with Crippen LogP contribution in [0.25, 0.3) is 274 Å². The summed E-state index contributed by atoms with van der Waals surface area (Å²) in [5, 5.41) is 29.2. The van der Waals surface area contributed by atoms with Gasteiger partial charge in [0.1, 0.15) is 33.5 Å². The fourth-order valence-corrected chi connectivity index (χ4v) is 21.8. The summed E-state index contributed by atoms with van der Waals surface area (Å²) in [6, 6.07) is 179. The molecule has 0 radical (unpaired) electrons. The average Bonchev–Trinajstić information content (AvgIpc) is 1.68. The van der Waals surface area contributed by atoms with Crippen molar-refractivity contribution in [1.82, 2.24) is 0 Å². The Hall–Kier alpha value is -17.8. The van der Waals surface area contributed by atoms with Crippen molar-refractivity contribution in [2.24, 2.45) is 0 Å². The van der Waals surface area contributed by atoms with Gasteiger partial charge in [0.15, 0.2) is 0 Å². The Labute approximate surface area is 794 Å². The molecule has 0 aliphatic rings. The highest BCUT2D eigenvalue weighted by Gasteiger charge is 2.27.